The van der Waals surface area contributed by atoms with Gasteiger partial charge in [0.15, 0.2) is 0 Å². The van der Waals surface area contributed by atoms with E-state index in [-0.39, 0.29) is 17.7 Å². The molecule has 150 valence electrons. The average molecular weight is 436 g/mol. The maximum atomic E-state index is 12.8. The van der Waals surface area contributed by atoms with Crippen LogP contribution in [-0.4, -0.2) is 16.0 Å². The fourth-order valence-electron chi connectivity index (χ4n) is 3.02. The molecule has 3 aromatic rings. The number of hydrogen-bond donors (Lipinski definition) is 0. The number of ether oxygens (including phenoxy) is 1. The lowest BCUT2D eigenvalue weighted by Gasteiger charge is -2.13. The van der Waals surface area contributed by atoms with Crippen LogP contribution < -0.4 is 4.74 Å². The van der Waals surface area contributed by atoms with Gasteiger partial charge in [-0.05, 0) is 52.7 Å². The van der Waals surface area contributed by atoms with Crippen molar-refractivity contribution in [2.24, 2.45) is 0 Å². The van der Waals surface area contributed by atoms with Crippen molar-refractivity contribution in [3.05, 3.63) is 105 Å². The molecule has 30 heavy (non-hydrogen) atoms. The third kappa shape index (κ3) is 4.75. The number of benzene rings is 3. The van der Waals surface area contributed by atoms with E-state index in [9.17, 15) is 9.59 Å². The molecule has 0 bridgehead atoms. The van der Waals surface area contributed by atoms with Crippen LogP contribution in [0.25, 0.3) is 6.08 Å². The summed E-state index contributed by atoms with van der Waals surface area (Å²) in [5.74, 6) is 0.378. The van der Waals surface area contributed by atoms with E-state index in [0.29, 0.717) is 22.3 Å². The molecule has 0 N–H and O–H groups in total. The fraction of sp³-hybridized carbons (Fsp3) is 0.0833. The van der Waals surface area contributed by atoms with E-state index in [1.807, 2.05) is 72.8 Å². The molecular formula is C24H18ClNO3S. The molecule has 2 amide bonds. The first kappa shape index (κ1) is 20.3. The number of halogens is 1. The van der Waals surface area contributed by atoms with Gasteiger partial charge in [-0.15, -0.1) is 0 Å². The predicted octanol–water partition coefficient (Wildman–Crippen LogP) is 6.16. The molecule has 1 saturated heterocycles. The summed E-state index contributed by atoms with van der Waals surface area (Å²) in [6, 6.07) is 24.5. The summed E-state index contributed by atoms with van der Waals surface area (Å²) in [7, 11) is 0. The van der Waals surface area contributed by atoms with Crippen LogP contribution in [0, 0.1) is 0 Å². The van der Waals surface area contributed by atoms with Gasteiger partial charge in [0.2, 0.25) is 0 Å². The zero-order valence-corrected chi connectivity index (χ0v) is 17.5. The zero-order valence-electron chi connectivity index (χ0n) is 16.0. The van der Waals surface area contributed by atoms with E-state index < -0.39 is 0 Å². The Balaban J connectivity index is 1.47. The highest BCUT2D eigenvalue weighted by Gasteiger charge is 2.35. The highest BCUT2D eigenvalue weighted by Crippen LogP contribution is 2.34. The van der Waals surface area contributed by atoms with E-state index in [1.165, 1.54) is 4.90 Å². The molecule has 4 rings (SSSR count). The van der Waals surface area contributed by atoms with Crippen LogP contribution >= 0.6 is 23.4 Å². The van der Waals surface area contributed by atoms with Crippen LogP contribution in [-0.2, 0) is 17.9 Å². The molecule has 1 fully saturated rings. The summed E-state index contributed by atoms with van der Waals surface area (Å²) in [6.45, 7) is 0.612. The number of carbonyl (C=O) groups is 2. The minimum atomic E-state index is -0.319. The Kier molecular flexibility index (Phi) is 6.21. The molecule has 1 aliphatic rings. The normalized spacial score (nSPS) is 15.1. The Bertz CT molecular complexity index is 1110. The first-order valence-corrected chi connectivity index (χ1v) is 10.6. The van der Waals surface area contributed by atoms with Crippen LogP contribution in [0.2, 0.25) is 5.02 Å². The molecule has 0 aliphatic carbocycles. The van der Waals surface area contributed by atoms with Crippen molar-refractivity contribution in [1.29, 1.82) is 0 Å². The van der Waals surface area contributed by atoms with E-state index in [2.05, 4.69) is 0 Å². The molecular weight excluding hydrogens is 418 g/mol. The quantitative estimate of drug-likeness (QED) is 0.435. The van der Waals surface area contributed by atoms with Crippen LogP contribution in [0.4, 0.5) is 4.79 Å². The van der Waals surface area contributed by atoms with Crippen LogP contribution in [0.3, 0.4) is 0 Å². The predicted molar refractivity (Wildman–Crippen MR) is 120 cm³/mol. The van der Waals surface area contributed by atoms with E-state index in [4.69, 9.17) is 16.3 Å². The standard InChI is InChI=1S/C24H18ClNO3S/c25-21-12-5-4-10-19(21)15-26-23(27)22(30-24(26)28)14-18-9-6-11-20(13-18)29-16-17-7-2-1-3-8-17/h1-14H,15-16H2/b22-14-. The monoisotopic (exact) mass is 435 g/mol. The highest BCUT2D eigenvalue weighted by atomic mass is 35.5. The van der Waals surface area contributed by atoms with Crippen LogP contribution in [0.5, 0.6) is 5.75 Å². The zero-order chi connectivity index (χ0) is 20.9. The third-order valence-electron chi connectivity index (χ3n) is 4.56. The van der Waals surface area contributed by atoms with Gasteiger partial charge < -0.3 is 4.74 Å². The minimum absolute atomic E-state index is 0.155. The molecule has 0 saturated carbocycles. The van der Waals surface area contributed by atoms with Gasteiger partial charge >= 0.3 is 0 Å². The molecule has 0 aromatic heterocycles. The summed E-state index contributed by atoms with van der Waals surface area (Å²) in [4.78, 5) is 26.8. The van der Waals surface area contributed by atoms with Crippen molar-refractivity contribution in [3.8, 4) is 5.75 Å². The number of imide groups is 1. The first-order valence-electron chi connectivity index (χ1n) is 9.36. The van der Waals surface area contributed by atoms with Gasteiger partial charge in [0.25, 0.3) is 11.1 Å². The smallest absolute Gasteiger partial charge is 0.293 e. The maximum Gasteiger partial charge on any atom is 0.293 e. The van der Waals surface area contributed by atoms with E-state index in [1.54, 1.807) is 12.1 Å². The second-order valence-corrected chi connectivity index (χ2v) is 8.11. The molecule has 0 unspecified atom stereocenters. The van der Waals surface area contributed by atoms with Gasteiger partial charge in [-0.25, -0.2) is 0 Å². The Morgan fingerprint density at radius 2 is 1.70 bits per heavy atom. The Hall–Kier alpha value is -3.02. The summed E-state index contributed by atoms with van der Waals surface area (Å²) >= 11 is 7.10. The lowest BCUT2D eigenvalue weighted by molar-refractivity contribution is -0.123. The molecule has 1 heterocycles. The number of rotatable bonds is 6. The Morgan fingerprint density at radius 1 is 0.933 bits per heavy atom. The summed E-state index contributed by atoms with van der Waals surface area (Å²) in [5, 5.41) is 0.228. The van der Waals surface area contributed by atoms with Gasteiger partial charge in [0.05, 0.1) is 11.4 Å². The molecule has 1 aliphatic heterocycles. The third-order valence-corrected chi connectivity index (χ3v) is 5.84. The molecule has 4 nitrogen and oxygen atoms in total. The highest BCUT2D eigenvalue weighted by molar-refractivity contribution is 8.18. The van der Waals surface area contributed by atoms with Crippen LogP contribution in [0.1, 0.15) is 16.7 Å². The van der Waals surface area contributed by atoms with Gasteiger partial charge in [-0.1, -0.05) is 72.3 Å². The van der Waals surface area contributed by atoms with E-state index in [0.717, 1.165) is 28.5 Å². The van der Waals surface area contributed by atoms with Gasteiger partial charge in [0.1, 0.15) is 12.4 Å². The lowest BCUT2D eigenvalue weighted by Crippen LogP contribution is -2.27. The van der Waals surface area contributed by atoms with E-state index >= 15 is 0 Å². The first-order chi connectivity index (χ1) is 14.6. The summed E-state index contributed by atoms with van der Waals surface area (Å²) in [5.41, 5.74) is 2.60. The van der Waals surface area contributed by atoms with Crippen LogP contribution in [0.15, 0.2) is 83.8 Å². The molecule has 0 atom stereocenters. The van der Waals surface area contributed by atoms with Crippen molar-refractivity contribution >= 4 is 40.6 Å². The molecule has 0 radical (unpaired) electrons. The summed E-state index contributed by atoms with van der Waals surface area (Å²) < 4.78 is 5.85. The lowest BCUT2D eigenvalue weighted by atomic mass is 10.2. The summed E-state index contributed by atoms with van der Waals surface area (Å²) in [6.07, 6.45) is 1.72. The van der Waals surface area contributed by atoms with Gasteiger partial charge in [-0.2, -0.15) is 0 Å². The topological polar surface area (TPSA) is 46.6 Å². The Morgan fingerprint density at radius 3 is 2.50 bits per heavy atom. The van der Waals surface area contributed by atoms with Gasteiger partial charge in [-0.3, -0.25) is 14.5 Å². The number of hydrogen-bond acceptors (Lipinski definition) is 4. The number of amides is 2. The van der Waals surface area contributed by atoms with Crippen molar-refractivity contribution in [3.63, 3.8) is 0 Å². The van der Waals surface area contributed by atoms with Crippen molar-refractivity contribution < 1.29 is 14.3 Å². The molecule has 3 aromatic carbocycles. The average Bonchev–Trinajstić information content (AvgIpc) is 3.02. The Labute approximate surface area is 184 Å². The second-order valence-electron chi connectivity index (χ2n) is 6.71. The molecule has 6 heteroatoms. The second kappa shape index (κ2) is 9.20. The van der Waals surface area contributed by atoms with Crippen molar-refractivity contribution in [2.75, 3.05) is 0 Å². The number of nitrogens with zero attached hydrogens (tertiary/aromatic N) is 1. The molecule has 0 spiro atoms. The van der Waals surface area contributed by atoms with Crippen molar-refractivity contribution in [2.45, 2.75) is 13.2 Å². The SMILES string of the molecule is O=C1S/C(=C\c2cccc(OCc3ccccc3)c2)C(=O)N1Cc1ccccc1Cl. The number of thioether (sulfide) groups is 1. The largest absolute Gasteiger partial charge is 0.489 e. The minimum Gasteiger partial charge on any atom is -0.489 e. The maximum absolute atomic E-state index is 12.8. The van der Waals surface area contributed by atoms with Gasteiger partial charge in [0, 0.05) is 5.02 Å². The fourth-order valence-corrected chi connectivity index (χ4v) is 4.05. The number of carbonyl (C=O) groups excluding carboxylic acids is 2. The van der Waals surface area contributed by atoms with Crippen molar-refractivity contribution in [1.82, 2.24) is 4.90 Å².